The SMILES string of the molecule is CCC(C)C(NC(=O)c1ccc(Cl)cc1)C(=O)NCCN. The van der Waals surface area contributed by atoms with E-state index in [1.54, 1.807) is 24.3 Å². The standard InChI is InChI=1S/C15H22ClN3O2/c1-3-10(2)13(15(21)18-9-8-17)19-14(20)11-4-6-12(16)7-5-11/h4-7,10,13H,3,8-9,17H2,1-2H3,(H,18,21)(H,19,20). The van der Waals surface area contributed by atoms with Crippen LogP contribution < -0.4 is 16.4 Å². The molecular weight excluding hydrogens is 290 g/mol. The number of hydrogen-bond donors (Lipinski definition) is 3. The van der Waals surface area contributed by atoms with Crippen molar-refractivity contribution in [2.45, 2.75) is 26.3 Å². The molecule has 2 unspecified atom stereocenters. The molecule has 0 aromatic heterocycles. The van der Waals surface area contributed by atoms with Crippen LogP contribution in [0.15, 0.2) is 24.3 Å². The Kier molecular flexibility index (Phi) is 7.19. The minimum absolute atomic E-state index is 0.0269. The van der Waals surface area contributed by atoms with Gasteiger partial charge in [-0.25, -0.2) is 0 Å². The lowest BCUT2D eigenvalue weighted by molar-refractivity contribution is -0.124. The largest absolute Gasteiger partial charge is 0.353 e. The Morgan fingerprint density at radius 1 is 1.29 bits per heavy atom. The number of halogens is 1. The molecule has 2 amide bonds. The number of carbonyl (C=O) groups is 2. The van der Waals surface area contributed by atoms with Crippen molar-refractivity contribution in [2.75, 3.05) is 13.1 Å². The molecule has 0 saturated carbocycles. The summed E-state index contributed by atoms with van der Waals surface area (Å²) in [6.45, 7) is 4.66. The number of nitrogens with one attached hydrogen (secondary N) is 2. The zero-order valence-corrected chi connectivity index (χ0v) is 13.1. The highest BCUT2D eigenvalue weighted by Gasteiger charge is 2.25. The Labute approximate surface area is 130 Å². The van der Waals surface area contributed by atoms with Gasteiger partial charge < -0.3 is 16.4 Å². The van der Waals surface area contributed by atoms with Gasteiger partial charge in [-0.05, 0) is 30.2 Å². The number of nitrogens with two attached hydrogens (primary N) is 1. The molecule has 0 aliphatic rings. The molecule has 5 nitrogen and oxygen atoms in total. The van der Waals surface area contributed by atoms with Gasteiger partial charge >= 0.3 is 0 Å². The Morgan fingerprint density at radius 2 is 1.90 bits per heavy atom. The van der Waals surface area contributed by atoms with Gasteiger partial charge in [-0.3, -0.25) is 9.59 Å². The predicted octanol–water partition coefficient (Wildman–Crippen LogP) is 1.56. The van der Waals surface area contributed by atoms with Crippen molar-refractivity contribution in [1.29, 1.82) is 0 Å². The first-order chi connectivity index (χ1) is 9.99. The first-order valence-corrected chi connectivity index (χ1v) is 7.41. The van der Waals surface area contributed by atoms with Gasteiger partial charge in [-0.2, -0.15) is 0 Å². The van der Waals surface area contributed by atoms with Crippen LogP contribution in [-0.2, 0) is 4.79 Å². The van der Waals surface area contributed by atoms with E-state index in [-0.39, 0.29) is 17.7 Å². The van der Waals surface area contributed by atoms with Gasteiger partial charge in [0.1, 0.15) is 6.04 Å². The summed E-state index contributed by atoms with van der Waals surface area (Å²) in [7, 11) is 0. The van der Waals surface area contributed by atoms with Crippen LogP contribution in [0.3, 0.4) is 0 Å². The molecule has 0 aliphatic heterocycles. The molecule has 0 heterocycles. The van der Waals surface area contributed by atoms with Crippen molar-refractivity contribution < 1.29 is 9.59 Å². The van der Waals surface area contributed by atoms with E-state index >= 15 is 0 Å². The van der Waals surface area contributed by atoms with Crippen LogP contribution in [0.2, 0.25) is 5.02 Å². The van der Waals surface area contributed by atoms with Gasteiger partial charge in [-0.15, -0.1) is 0 Å². The van der Waals surface area contributed by atoms with Crippen LogP contribution in [0, 0.1) is 5.92 Å². The number of hydrogen-bond acceptors (Lipinski definition) is 3. The van der Waals surface area contributed by atoms with Crippen LogP contribution in [0.1, 0.15) is 30.6 Å². The molecule has 1 aromatic carbocycles. The third kappa shape index (κ3) is 5.36. The summed E-state index contributed by atoms with van der Waals surface area (Å²) in [4.78, 5) is 24.3. The lowest BCUT2D eigenvalue weighted by atomic mass is 9.98. The van der Waals surface area contributed by atoms with Crippen molar-refractivity contribution in [2.24, 2.45) is 11.7 Å². The van der Waals surface area contributed by atoms with Crippen LogP contribution >= 0.6 is 11.6 Å². The number of carbonyl (C=O) groups excluding carboxylic acids is 2. The van der Waals surface area contributed by atoms with Crippen LogP contribution in [0.25, 0.3) is 0 Å². The summed E-state index contributed by atoms with van der Waals surface area (Å²) >= 11 is 5.79. The van der Waals surface area contributed by atoms with Crippen molar-refractivity contribution in [3.05, 3.63) is 34.9 Å². The summed E-state index contributed by atoms with van der Waals surface area (Å²) in [5, 5.41) is 6.05. The van der Waals surface area contributed by atoms with Gasteiger partial charge in [0, 0.05) is 23.7 Å². The number of rotatable bonds is 7. The molecule has 0 bridgehead atoms. The highest BCUT2D eigenvalue weighted by atomic mass is 35.5. The molecule has 6 heteroatoms. The minimum atomic E-state index is -0.579. The van der Waals surface area contributed by atoms with E-state index in [1.807, 2.05) is 13.8 Å². The maximum atomic E-state index is 12.2. The minimum Gasteiger partial charge on any atom is -0.353 e. The van der Waals surface area contributed by atoms with E-state index in [1.165, 1.54) is 0 Å². The Hall–Kier alpha value is -1.59. The lowest BCUT2D eigenvalue weighted by Crippen LogP contribution is -2.51. The molecule has 1 aromatic rings. The molecular formula is C15H22ClN3O2. The van der Waals surface area contributed by atoms with Gasteiger partial charge in [0.05, 0.1) is 0 Å². The van der Waals surface area contributed by atoms with Gasteiger partial charge in [0.15, 0.2) is 0 Å². The van der Waals surface area contributed by atoms with Crippen LogP contribution in [-0.4, -0.2) is 30.9 Å². The zero-order chi connectivity index (χ0) is 15.8. The molecule has 2 atom stereocenters. The smallest absolute Gasteiger partial charge is 0.251 e. The lowest BCUT2D eigenvalue weighted by Gasteiger charge is -2.23. The first kappa shape index (κ1) is 17.5. The summed E-state index contributed by atoms with van der Waals surface area (Å²) in [6.07, 6.45) is 0.779. The molecule has 0 fully saturated rings. The molecule has 0 saturated heterocycles. The van der Waals surface area contributed by atoms with E-state index in [0.717, 1.165) is 6.42 Å². The highest BCUT2D eigenvalue weighted by Crippen LogP contribution is 2.12. The van der Waals surface area contributed by atoms with E-state index in [0.29, 0.717) is 23.7 Å². The van der Waals surface area contributed by atoms with Crippen molar-refractivity contribution >= 4 is 23.4 Å². The number of benzene rings is 1. The van der Waals surface area contributed by atoms with E-state index in [4.69, 9.17) is 17.3 Å². The second kappa shape index (κ2) is 8.64. The summed E-state index contributed by atoms with van der Waals surface area (Å²) < 4.78 is 0. The monoisotopic (exact) mass is 311 g/mol. The fourth-order valence-electron chi connectivity index (χ4n) is 1.83. The fourth-order valence-corrected chi connectivity index (χ4v) is 1.96. The maximum absolute atomic E-state index is 12.2. The summed E-state index contributed by atoms with van der Waals surface area (Å²) in [5.74, 6) is -0.476. The average molecular weight is 312 g/mol. The molecule has 0 spiro atoms. The zero-order valence-electron chi connectivity index (χ0n) is 12.4. The topological polar surface area (TPSA) is 84.2 Å². The molecule has 21 heavy (non-hydrogen) atoms. The van der Waals surface area contributed by atoms with E-state index in [9.17, 15) is 9.59 Å². The molecule has 1 rings (SSSR count). The predicted molar refractivity (Wildman–Crippen MR) is 84.2 cm³/mol. The molecule has 0 radical (unpaired) electrons. The Bertz CT molecular complexity index is 476. The van der Waals surface area contributed by atoms with E-state index < -0.39 is 6.04 Å². The van der Waals surface area contributed by atoms with Crippen LogP contribution in [0.4, 0.5) is 0 Å². The number of amides is 2. The normalized spacial score (nSPS) is 13.3. The van der Waals surface area contributed by atoms with E-state index in [2.05, 4.69) is 10.6 Å². The average Bonchev–Trinajstić information content (AvgIpc) is 2.49. The third-order valence-electron chi connectivity index (χ3n) is 3.33. The molecule has 4 N–H and O–H groups in total. The quantitative estimate of drug-likeness (QED) is 0.714. The first-order valence-electron chi connectivity index (χ1n) is 7.03. The second-order valence-corrected chi connectivity index (χ2v) is 5.36. The maximum Gasteiger partial charge on any atom is 0.251 e. The van der Waals surface area contributed by atoms with Gasteiger partial charge in [0.2, 0.25) is 5.91 Å². The Morgan fingerprint density at radius 3 is 2.43 bits per heavy atom. The fraction of sp³-hybridized carbons (Fsp3) is 0.467. The molecule has 116 valence electrons. The van der Waals surface area contributed by atoms with Gasteiger partial charge in [0.25, 0.3) is 5.91 Å². The van der Waals surface area contributed by atoms with Gasteiger partial charge in [-0.1, -0.05) is 31.9 Å². The van der Waals surface area contributed by atoms with Crippen LogP contribution in [0.5, 0.6) is 0 Å². The molecule has 0 aliphatic carbocycles. The van der Waals surface area contributed by atoms with Crippen molar-refractivity contribution in [1.82, 2.24) is 10.6 Å². The van der Waals surface area contributed by atoms with Crippen molar-refractivity contribution in [3.8, 4) is 0 Å². The summed E-state index contributed by atoms with van der Waals surface area (Å²) in [5.41, 5.74) is 5.85. The third-order valence-corrected chi connectivity index (χ3v) is 3.58. The highest BCUT2D eigenvalue weighted by molar-refractivity contribution is 6.30. The Balaban J connectivity index is 2.78. The summed E-state index contributed by atoms with van der Waals surface area (Å²) in [6, 6.07) is 5.96. The second-order valence-electron chi connectivity index (χ2n) is 4.92. The van der Waals surface area contributed by atoms with Crippen molar-refractivity contribution in [3.63, 3.8) is 0 Å².